The molecule has 15 atom stereocenters. The molecule has 10 heterocycles. The van der Waals surface area contributed by atoms with E-state index in [1.54, 1.807) is 93.4 Å². The normalized spacial score (nSPS) is 26.9. The third-order valence-electron chi connectivity index (χ3n) is 27.4. The van der Waals surface area contributed by atoms with Gasteiger partial charge in [-0.2, -0.15) is 58.8 Å². The molecule has 5 aliphatic carbocycles. The number of hydrogen-bond donors (Lipinski definition) is 5. The monoisotopic (exact) mass is 1660 g/mol. The van der Waals surface area contributed by atoms with Crippen molar-refractivity contribution in [1.29, 1.82) is 0 Å². The number of aromatic amines is 5. The molecular weight excluding hydrogens is 1530 g/mol. The van der Waals surface area contributed by atoms with Crippen LogP contribution in [0.5, 0.6) is 0 Å². The molecule has 5 fully saturated rings. The standard InChI is InChI=1S/5C19H24N2OS.CH4/c5*1-12(22)10-23-11-13-6-16-15-4-3-5-17-19(15)14(8-20-17)7-18(16)21(2)9-13;/h5*3-5,8,13,16,18,20H,6-7,9-11H2,1-2H3;1H4/t5*13-,16-,18-;/m11111./s1. The summed E-state index contributed by atoms with van der Waals surface area (Å²) >= 11 is 9.03. The molecule has 5 saturated heterocycles. The van der Waals surface area contributed by atoms with Crippen molar-refractivity contribution >= 4 is 142 Å². The molecule has 0 saturated carbocycles. The second kappa shape index (κ2) is 37.4. The van der Waals surface area contributed by atoms with Gasteiger partial charge in [-0.3, -0.25) is 24.0 Å². The number of hydrogen-bond acceptors (Lipinski definition) is 15. The number of nitrogens with one attached hydrogen (secondary N) is 5. The minimum atomic E-state index is 0. The first-order valence-corrected chi connectivity index (χ1v) is 48.2. The van der Waals surface area contributed by atoms with E-state index >= 15 is 0 Å². The fraction of sp³-hybridized carbons (Fsp3) is 0.531. The summed E-state index contributed by atoms with van der Waals surface area (Å²) in [6.45, 7) is 14.2. The molecule has 0 radical (unpaired) electrons. The van der Waals surface area contributed by atoms with Gasteiger partial charge in [-0.25, -0.2) is 0 Å². The predicted octanol–water partition coefficient (Wildman–Crippen LogP) is 17.9. The maximum atomic E-state index is 11.2. The Morgan fingerprint density at radius 2 is 0.466 bits per heavy atom. The van der Waals surface area contributed by atoms with Gasteiger partial charge in [-0.15, -0.1) is 0 Å². The highest BCUT2D eigenvalue weighted by atomic mass is 32.2. The van der Waals surface area contributed by atoms with Crippen LogP contribution in [0.1, 0.15) is 159 Å². The van der Waals surface area contributed by atoms with Crippen molar-refractivity contribution in [3.63, 3.8) is 0 Å². The Morgan fingerprint density at radius 3 is 0.629 bits per heavy atom. The Bertz CT molecular complexity index is 4420. The largest absolute Gasteiger partial charge is 0.361 e. The summed E-state index contributed by atoms with van der Waals surface area (Å²) in [5.74, 6) is 16.8. The van der Waals surface area contributed by atoms with Crippen LogP contribution in [0, 0.1) is 29.6 Å². The smallest absolute Gasteiger partial charge is 0.139 e. The van der Waals surface area contributed by atoms with Crippen LogP contribution in [-0.4, -0.2) is 234 Å². The van der Waals surface area contributed by atoms with Crippen LogP contribution < -0.4 is 0 Å². The molecule has 5 N–H and O–H groups in total. The second-order valence-electron chi connectivity index (χ2n) is 36.1. The first-order chi connectivity index (χ1) is 55.7. The number of piperidine rings is 5. The molecule has 20 heteroatoms. The van der Waals surface area contributed by atoms with Crippen LogP contribution >= 0.6 is 58.8 Å². The molecule has 0 amide bonds. The number of thioether (sulfide) groups is 5. The molecule has 15 nitrogen and oxygen atoms in total. The number of aromatic nitrogens is 5. The Morgan fingerprint density at radius 1 is 0.293 bits per heavy atom. The van der Waals surface area contributed by atoms with E-state index in [0.717, 1.165) is 93.6 Å². The molecule has 10 aliphatic rings. The molecule has 116 heavy (non-hydrogen) atoms. The van der Waals surface area contributed by atoms with Crippen molar-refractivity contribution in [2.45, 2.75) is 166 Å². The van der Waals surface area contributed by atoms with Gasteiger partial charge >= 0.3 is 0 Å². The van der Waals surface area contributed by atoms with Crippen LogP contribution in [0.3, 0.4) is 0 Å². The molecule has 5 aromatic carbocycles. The Labute approximate surface area is 709 Å². The molecule has 618 valence electrons. The lowest BCUT2D eigenvalue weighted by Gasteiger charge is -2.45. The molecule has 20 rings (SSSR count). The fourth-order valence-electron chi connectivity index (χ4n) is 22.7. The summed E-state index contributed by atoms with van der Waals surface area (Å²) in [5, 5.41) is 7.36. The van der Waals surface area contributed by atoms with Gasteiger partial charge in [0.1, 0.15) is 28.9 Å². The van der Waals surface area contributed by atoms with E-state index in [2.05, 4.69) is 207 Å². The summed E-state index contributed by atoms with van der Waals surface area (Å²) in [5.41, 5.74) is 21.5. The van der Waals surface area contributed by atoms with E-state index in [4.69, 9.17) is 0 Å². The fourth-order valence-corrected chi connectivity index (χ4v) is 27.6. The van der Waals surface area contributed by atoms with Gasteiger partial charge in [0.15, 0.2) is 0 Å². The van der Waals surface area contributed by atoms with Crippen LogP contribution in [0.4, 0.5) is 0 Å². The third-order valence-corrected chi connectivity index (χ3v) is 33.9. The summed E-state index contributed by atoms with van der Waals surface area (Å²) in [6, 6.07) is 36.7. The van der Waals surface area contributed by atoms with Crippen molar-refractivity contribution < 1.29 is 24.0 Å². The summed E-state index contributed by atoms with van der Waals surface area (Å²) in [4.78, 5) is 85.9. The van der Waals surface area contributed by atoms with Gasteiger partial charge in [-0.1, -0.05) is 68.1 Å². The number of rotatable bonds is 20. The first-order valence-electron chi connectivity index (χ1n) is 42.5. The molecule has 0 unspecified atom stereocenters. The summed E-state index contributed by atoms with van der Waals surface area (Å²) in [7, 11) is 11.4. The maximum absolute atomic E-state index is 11.2. The average molecular weight is 1660 g/mol. The number of carbonyl (C=O) groups excluding carboxylic acids is 5. The molecule has 5 aliphatic heterocycles. The molecule has 0 bridgehead atoms. The number of benzene rings is 5. The first kappa shape index (κ1) is 84.7. The highest BCUT2D eigenvalue weighted by Crippen LogP contribution is 2.51. The highest BCUT2D eigenvalue weighted by molar-refractivity contribution is 8.00. The van der Waals surface area contributed by atoms with Gasteiger partial charge in [0.05, 0.1) is 28.8 Å². The zero-order valence-corrected chi connectivity index (χ0v) is 73.3. The number of carbonyl (C=O) groups is 5. The van der Waals surface area contributed by atoms with Crippen LogP contribution in [0.15, 0.2) is 122 Å². The Balaban J connectivity index is 0.000000114. The van der Waals surface area contributed by atoms with E-state index in [9.17, 15) is 24.0 Å². The third kappa shape index (κ3) is 18.3. The zero-order chi connectivity index (χ0) is 79.9. The van der Waals surface area contributed by atoms with E-state index in [-0.39, 0.29) is 36.3 Å². The molecule has 0 spiro atoms. The quantitative estimate of drug-likeness (QED) is 0.0486. The van der Waals surface area contributed by atoms with Crippen molar-refractivity contribution in [1.82, 2.24) is 49.4 Å². The SMILES string of the molecule is C.CC(=O)CSC[C@@H]1C[C@@H]2c3cccc4[nH]cc(c34)C[C@H]2N(C)C1.CC(=O)CSC[C@@H]1C[C@@H]2c3cccc4[nH]cc(c34)C[C@H]2N(C)C1.CC(=O)CSC[C@@H]1C[C@@H]2c3cccc4[nH]cc(c34)C[C@H]2N(C)C1.CC(=O)CSC[C@@H]1C[C@@H]2c3cccc4[nH]cc(c34)C[C@H]2N(C)C1.CC(=O)CSC[C@@H]1C[C@@H]2c3cccc4[nH]cc(c34)C[C@H]2N(C)C1. The number of H-pyrrole nitrogens is 5. The van der Waals surface area contributed by atoms with Gasteiger partial charge in [0.25, 0.3) is 0 Å². The van der Waals surface area contributed by atoms with Gasteiger partial charge in [0, 0.05) is 178 Å². The molecule has 10 aromatic rings. The molecular formula is C96H124N10O5S5. The minimum absolute atomic E-state index is 0. The van der Waals surface area contributed by atoms with Crippen molar-refractivity contribution in [3.05, 3.63) is 178 Å². The van der Waals surface area contributed by atoms with Crippen molar-refractivity contribution in [3.8, 4) is 0 Å². The van der Waals surface area contributed by atoms with Crippen molar-refractivity contribution in [2.75, 3.05) is 125 Å². The number of nitrogens with zero attached hydrogens (tertiary/aromatic N) is 5. The predicted molar refractivity (Wildman–Crippen MR) is 493 cm³/mol. The Hall–Kier alpha value is -6.30. The van der Waals surface area contributed by atoms with Crippen LogP contribution in [-0.2, 0) is 56.1 Å². The lowest BCUT2D eigenvalue weighted by Crippen LogP contribution is -2.48. The summed E-state index contributed by atoms with van der Waals surface area (Å²) in [6.07, 6.45) is 23.1. The summed E-state index contributed by atoms with van der Waals surface area (Å²) < 4.78 is 0. The van der Waals surface area contributed by atoms with E-state index in [0.29, 0.717) is 118 Å². The maximum Gasteiger partial charge on any atom is 0.139 e. The lowest BCUT2D eigenvalue weighted by molar-refractivity contribution is -0.115. The van der Waals surface area contributed by atoms with E-state index in [1.165, 1.54) is 142 Å². The topological polar surface area (TPSA) is 180 Å². The zero-order valence-electron chi connectivity index (χ0n) is 69.2. The van der Waals surface area contributed by atoms with Gasteiger partial charge in [0.2, 0.25) is 0 Å². The van der Waals surface area contributed by atoms with E-state index in [1.807, 2.05) is 0 Å². The average Bonchev–Trinajstić information content (AvgIpc) is 1.52. The second-order valence-corrected chi connectivity index (χ2v) is 41.3. The molecule has 5 aromatic heterocycles. The van der Waals surface area contributed by atoms with Crippen molar-refractivity contribution in [2.24, 2.45) is 29.6 Å². The van der Waals surface area contributed by atoms with E-state index < -0.39 is 0 Å². The van der Waals surface area contributed by atoms with Gasteiger partial charge in [-0.05, 0) is 278 Å². The lowest BCUT2D eigenvalue weighted by atomic mass is 9.73. The van der Waals surface area contributed by atoms with Gasteiger partial charge < -0.3 is 49.4 Å². The number of ketones is 5. The van der Waals surface area contributed by atoms with Crippen LogP contribution in [0.2, 0.25) is 0 Å². The highest BCUT2D eigenvalue weighted by Gasteiger charge is 2.45. The number of fused-ring (bicyclic) bond motifs is 10. The number of likely N-dealkylation sites (N-methyl/N-ethyl adjacent to an activating group) is 5. The number of likely N-dealkylation sites (tertiary alicyclic amines) is 5. The van der Waals surface area contributed by atoms with Crippen LogP contribution in [0.25, 0.3) is 54.5 Å². The number of Topliss-reactive ketones (excluding diaryl/α,β-unsaturated/α-hetero) is 5. The Kier molecular flexibility index (Phi) is 27.3. The minimum Gasteiger partial charge on any atom is -0.361 e.